The number of carboxylic acids is 1. The molecule has 0 aliphatic rings. The van der Waals surface area contributed by atoms with Crippen LogP contribution < -0.4 is 16.0 Å². The molecule has 0 rings (SSSR count). The summed E-state index contributed by atoms with van der Waals surface area (Å²) >= 11 is 1.51. The fraction of sp³-hybridized carbons (Fsp3) is 0.769. The molecule has 0 fully saturated rings. The number of nitrogens with one attached hydrogen (secondary N) is 3. The van der Waals surface area contributed by atoms with Crippen LogP contribution in [0.2, 0.25) is 0 Å². The van der Waals surface area contributed by atoms with Crippen molar-refractivity contribution in [1.82, 2.24) is 16.0 Å². The molecule has 0 aromatic carbocycles. The van der Waals surface area contributed by atoms with Crippen LogP contribution in [-0.2, 0) is 9.59 Å². The molecule has 0 radical (unpaired) electrons. The molecule has 122 valence electrons. The maximum Gasteiger partial charge on any atom is 0.326 e. The van der Waals surface area contributed by atoms with Crippen molar-refractivity contribution in [2.45, 2.75) is 45.2 Å². The molecule has 0 spiro atoms. The number of carbonyl (C=O) groups excluding carboxylic acids is 2. The highest BCUT2D eigenvalue weighted by Crippen LogP contribution is 2.01. The quantitative estimate of drug-likeness (QED) is 0.529. The number of rotatable bonds is 8. The maximum atomic E-state index is 11.6. The van der Waals surface area contributed by atoms with Gasteiger partial charge in [-0.2, -0.15) is 11.8 Å². The summed E-state index contributed by atoms with van der Waals surface area (Å²) in [5.41, 5.74) is -0.314. The Bertz CT molecular complexity index is 369. The molecule has 0 heterocycles. The minimum absolute atomic E-state index is 0.146. The highest BCUT2D eigenvalue weighted by atomic mass is 32.2. The molecule has 0 saturated carbocycles. The van der Waals surface area contributed by atoms with Crippen molar-refractivity contribution >= 4 is 29.7 Å². The Balaban J connectivity index is 4.03. The standard InChI is InChI=1S/C13H25N3O4S/c1-13(2,3)16-10(17)5-7-14-12(20)15-9(11(18)19)6-8-21-4/h9H,5-8H2,1-4H3,(H,16,17)(H,18,19)(H2,14,15,20)/t9-/m0/s1. The van der Waals surface area contributed by atoms with Crippen molar-refractivity contribution in [3.05, 3.63) is 0 Å². The molecule has 0 aromatic rings. The van der Waals surface area contributed by atoms with Crippen LogP contribution in [0.4, 0.5) is 4.79 Å². The summed E-state index contributed by atoms with van der Waals surface area (Å²) in [6.07, 6.45) is 2.37. The van der Waals surface area contributed by atoms with E-state index in [1.807, 2.05) is 27.0 Å². The van der Waals surface area contributed by atoms with E-state index in [-0.39, 0.29) is 24.4 Å². The second kappa shape index (κ2) is 9.49. The van der Waals surface area contributed by atoms with Gasteiger partial charge >= 0.3 is 12.0 Å². The summed E-state index contributed by atoms with van der Waals surface area (Å²) < 4.78 is 0. The van der Waals surface area contributed by atoms with E-state index in [4.69, 9.17) is 5.11 Å². The van der Waals surface area contributed by atoms with E-state index in [9.17, 15) is 14.4 Å². The van der Waals surface area contributed by atoms with E-state index in [1.165, 1.54) is 11.8 Å². The van der Waals surface area contributed by atoms with Gasteiger partial charge in [0, 0.05) is 18.5 Å². The number of thioether (sulfide) groups is 1. The molecular formula is C13H25N3O4S. The first-order valence-corrected chi connectivity index (χ1v) is 8.12. The minimum atomic E-state index is -1.07. The molecule has 0 aliphatic carbocycles. The van der Waals surface area contributed by atoms with Crippen LogP contribution in [0, 0.1) is 0 Å². The van der Waals surface area contributed by atoms with Gasteiger partial charge in [0.1, 0.15) is 6.04 Å². The van der Waals surface area contributed by atoms with E-state index >= 15 is 0 Å². The number of amides is 3. The van der Waals surface area contributed by atoms with Crippen LogP contribution >= 0.6 is 11.8 Å². The lowest BCUT2D eigenvalue weighted by molar-refractivity contribution is -0.139. The second-order valence-corrected chi connectivity index (χ2v) is 6.61. The van der Waals surface area contributed by atoms with E-state index in [0.717, 1.165) is 0 Å². The van der Waals surface area contributed by atoms with Gasteiger partial charge in [0.25, 0.3) is 0 Å². The van der Waals surface area contributed by atoms with E-state index in [2.05, 4.69) is 16.0 Å². The molecule has 0 unspecified atom stereocenters. The summed E-state index contributed by atoms with van der Waals surface area (Å²) in [5, 5.41) is 16.6. The maximum absolute atomic E-state index is 11.6. The van der Waals surface area contributed by atoms with Crippen molar-refractivity contribution in [2.75, 3.05) is 18.6 Å². The number of carboxylic acid groups (broad SMARTS) is 1. The van der Waals surface area contributed by atoms with Crippen LogP contribution in [0.15, 0.2) is 0 Å². The average molecular weight is 319 g/mol. The minimum Gasteiger partial charge on any atom is -0.480 e. The first kappa shape index (κ1) is 19.6. The fourth-order valence-corrected chi connectivity index (χ4v) is 1.94. The molecule has 4 N–H and O–H groups in total. The third kappa shape index (κ3) is 10.9. The molecule has 0 saturated heterocycles. The Morgan fingerprint density at radius 2 is 1.86 bits per heavy atom. The van der Waals surface area contributed by atoms with Crippen molar-refractivity contribution in [1.29, 1.82) is 0 Å². The molecule has 0 aliphatic heterocycles. The Morgan fingerprint density at radius 1 is 1.24 bits per heavy atom. The molecule has 8 heteroatoms. The lowest BCUT2D eigenvalue weighted by atomic mass is 10.1. The van der Waals surface area contributed by atoms with Crippen LogP contribution in [0.3, 0.4) is 0 Å². The highest BCUT2D eigenvalue weighted by Gasteiger charge is 2.19. The summed E-state index contributed by atoms with van der Waals surface area (Å²) in [7, 11) is 0. The predicted molar refractivity (Wildman–Crippen MR) is 83.5 cm³/mol. The van der Waals surface area contributed by atoms with Crippen molar-refractivity contribution in [2.24, 2.45) is 0 Å². The van der Waals surface area contributed by atoms with E-state index in [1.54, 1.807) is 0 Å². The lowest BCUT2D eigenvalue weighted by Gasteiger charge is -2.20. The normalized spacial score (nSPS) is 12.4. The van der Waals surface area contributed by atoms with Crippen molar-refractivity contribution in [3.8, 4) is 0 Å². The van der Waals surface area contributed by atoms with Gasteiger partial charge in [-0.05, 0) is 39.2 Å². The van der Waals surface area contributed by atoms with Gasteiger partial charge in [-0.25, -0.2) is 9.59 Å². The average Bonchev–Trinajstić information content (AvgIpc) is 2.31. The van der Waals surface area contributed by atoms with E-state index < -0.39 is 18.0 Å². The summed E-state index contributed by atoms with van der Waals surface area (Å²) in [6.45, 7) is 5.76. The predicted octanol–water partition coefficient (Wildman–Crippen LogP) is 0.797. The number of hydrogen-bond donors (Lipinski definition) is 4. The van der Waals surface area contributed by atoms with Crippen LogP contribution in [-0.4, -0.2) is 53.1 Å². The third-order valence-electron chi connectivity index (χ3n) is 2.37. The second-order valence-electron chi connectivity index (χ2n) is 5.62. The van der Waals surface area contributed by atoms with Crippen molar-refractivity contribution < 1.29 is 19.5 Å². The first-order chi connectivity index (χ1) is 9.65. The monoisotopic (exact) mass is 319 g/mol. The van der Waals surface area contributed by atoms with Gasteiger partial charge in [-0.3, -0.25) is 4.79 Å². The van der Waals surface area contributed by atoms with Gasteiger partial charge in [0.05, 0.1) is 0 Å². The molecule has 21 heavy (non-hydrogen) atoms. The van der Waals surface area contributed by atoms with Gasteiger partial charge in [0.2, 0.25) is 5.91 Å². The number of carbonyl (C=O) groups is 3. The molecular weight excluding hydrogens is 294 g/mol. The molecule has 3 amide bonds. The fourth-order valence-electron chi connectivity index (χ4n) is 1.47. The number of hydrogen-bond acceptors (Lipinski definition) is 4. The highest BCUT2D eigenvalue weighted by molar-refractivity contribution is 7.98. The summed E-state index contributed by atoms with van der Waals surface area (Å²) in [4.78, 5) is 34.1. The first-order valence-electron chi connectivity index (χ1n) is 6.73. The van der Waals surface area contributed by atoms with Crippen LogP contribution in [0.25, 0.3) is 0 Å². The lowest BCUT2D eigenvalue weighted by Crippen LogP contribution is -2.47. The number of aliphatic carboxylic acids is 1. The Hall–Kier alpha value is -1.44. The smallest absolute Gasteiger partial charge is 0.326 e. The largest absolute Gasteiger partial charge is 0.480 e. The van der Waals surface area contributed by atoms with Crippen LogP contribution in [0.5, 0.6) is 0 Å². The Kier molecular flexibility index (Phi) is 8.84. The number of urea groups is 1. The zero-order chi connectivity index (χ0) is 16.5. The summed E-state index contributed by atoms with van der Waals surface area (Å²) in [5.74, 6) is -0.588. The van der Waals surface area contributed by atoms with Crippen LogP contribution in [0.1, 0.15) is 33.6 Å². The zero-order valence-corrected chi connectivity index (χ0v) is 13.8. The SMILES string of the molecule is CSCC[C@H](NC(=O)NCCC(=O)NC(C)(C)C)C(=O)O. The molecule has 0 aromatic heterocycles. The topological polar surface area (TPSA) is 108 Å². The van der Waals surface area contributed by atoms with Gasteiger partial charge in [-0.1, -0.05) is 0 Å². The molecule has 7 nitrogen and oxygen atoms in total. The van der Waals surface area contributed by atoms with E-state index in [0.29, 0.717) is 12.2 Å². The van der Waals surface area contributed by atoms with Crippen molar-refractivity contribution in [3.63, 3.8) is 0 Å². The Morgan fingerprint density at radius 3 is 2.33 bits per heavy atom. The molecule has 1 atom stereocenters. The van der Waals surface area contributed by atoms with Gasteiger partial charge < -0.3 is 21.1 Å². The van der Waals surface area contributed by atoms with Gasteiger partial charge in [0.15, 0.2) is 0 Å². The molecule has 0 bridgehead atoms. The van der Waals surface area contributed by atoms with Gasteiger partial charge in [-0.15, -0.1) is 0 Å². The third-order valence-corrected chi connectivity index (χ3v) is 3.01. The Labute approximate surface area is 129 Å². The zero-order valence-electron chi connectivity index (χ0n) is 13.0. The summed E-state index contributed by atoms with van der Waals surface area (Å²) in [6, 6.07) is -1.49.